The molecule has 0 aromatic carbocycles. The van der Waals surface area contributed by atoms with Gasteiger partial charge >= 0.3 is 0 Å². The van der Waals surface area contributed by atoms with Crippen molar-refractivity contribution in [2.24, 2.45) is 0 Å². The lowest BCUT2D eigenvalue weighted by atomic mass is 10.3. The maximum absolute atomic E-state index is 10.9. The summed E-state index contributed by atoms with van der Waals surface area (Å²) in [6, 6.07) is 0. The first-order valence-electron chi connectivity index (χ1n) is 2.93. The Morgan fingerprint density at radius 3 is 3.30 bits per heavy atom. The first-order valence-corrected chi connectivity index (χ1v) is 2.93. The molecule has 1 aliphatic heterocycles. The quantitative estimate of drug-likeness (QED) is 0.439. The van der Waals surface area contributed by atoms with Gasteiger partial charge in [-0.1, -0.05) is 0 Å². The summed E-state index contributed by atoms with van der Waals surface area (Å²) in [6.45, 7) is 0.540. The number of fused-ring (bicyclic) bond motifs is 1. The SMILES string of the molecule is O=c1[nH]cnc2c1CNN2. The number of aromatic amines is 1. The number of aromatic nitrogens is 2. The Hall–Kier alpha value is -1.36. The molecule has 1 aromatic heterocycles. The van der Waals surface area contributed by atoms with Gasteiger partial charge in [0.25, 0.3) is 5.56 Å². The highest BCUT2D eigenvalue weighted by Gasteiger charge is 2.12. The summed E-state index contributed by atoms with van der Waals surface area (Å²) < 4.78 is 0. The molecule has 52 valence electrons. The van der Waals surface area contributed by atoms with Gasteiger partial charge in [-0.15, -0.1) is 0 Å². The van der Waals surface area contributed by atoms with Crippen molar-refractivity contribution in [2.45, 2.75) is 6.54 Å². The predicted octanol–water partition coefficient (Wildman–Crippen LogP) is -0.800. The molecule has 0 amide bonds. The Morgan fingerprint density at radius 1 is 1.60 bits per heavy atom. The van der Waals surface area contributed by atoms with E-state index in [0.717, 1.165) is 0 Å². The average Bonchev–Trinajstić information content (AvgIpc) is 2.36. The van der Waals surface area contributed by atoms with E-state index in [1.807, 2.05) is 0 Å². The van der Waals surface area contributed by atoms with Crippen LogP contribution < -0.4 is 16.4 Å². The molecule has 0 bridgehead atoms. The normalized spacial score (nSPS) is 14.4. The monoisotopic (exact) mass is 138 g/mol. The molecule has 0 saturated carbocycles. The second-order valence-electron chi connectivity index (χ2n) is 2.04. The standard InChI is InChI=1S/C5H6N4O/c10-5-3-1-8-9-4(3)6-2-7-5/h2,8H,1H2,(H2,6,7,9,10). The van der Waals surface area contributed by atoms with Gasteiger partial charge in [0.15, 0.2) is 5.82 Å². The molecule has 0 fully saturated rings. The molecule has 3 N–H and O–H groups in total. The number of rotatable bonds is 0. The first-order chi connectivity index (χ1) is 4.88. The lowest BCUT2D eigenvalue weighted by molar-refractivity contribution is 0.852. The summed E-state index contributed by atoms with van der Waals surface area (Å²) in [5.41, 5.74) is 6.14. The molecule has 0 spiro atoms. The number of anilines is 1. The smallest absolute Gasteiger partial charge is 0.257 e. The average molecular weight is 138 g/mol. The number of hydrogen-bond acceptors (Lipinski definition) is 4. The maximum Gasteiger partial charge on any atom is 0.257 e. The molecular weight excluding hydrogens is 132 g/mol. The second-order valence-corrected chi connectivity index (χ2v) is 2.04. The second kappa shape index (κ2) is 1.81. The largest absolute Gasteiger partial charge is 0.313 e. The molecule has 0 atom stereocenters. The van der Waals surface area contributed by atoms with E-state index >= 15 is 0 Å². The highest BCUT2D eigenvalue weighted by molar-refractivity contribution is 5.44. The summed E-state index contributed by atoms with van der Waals surface area (Å²) in [7, 11) is 0. The lowest BCUT2D eigenvalue weighted by Crippen LogP contribution is -2.13. The van der Waals surface area contributed by atoms with Crippen molar-refractivity contribution < 1.29 is 0 Å². The zero-order valence-electron chi connectivity index (χ0n) is 5.14. The zero-order chi connectivity index (χ0) is 6.97. The highest BCUT2D eigenvalue weighted by atomic mass is 16.1. The molecule has 0 aliphatic carbocycles. The van der Waals surface area contributed by atoms with Gasteiger partial charge in [0.2, 0.25) is 0 Å². The lowest BCUT2D eigenvalue weighted by Gasteiger charge is -1.91. The third-order valence-electron chi connectivity index (χ3n) is 1.42. The molecule has 0 radical (unpaired) electrons. The van der Waals surface area contributed by atoms with Gasteiger partial charge in [0.05, 0.1) is 11.9 Å². The summed E-state index contributed by atoms with van der Waals surface area (Å²) >= 11 is 0. The molecule has 10 heavy (non-hydrogen) atoms. The Kier molecular flexibility index (Phi) is 0.983. The summed E-state index contributed by atoms with van der Waals surface area (Å²) in [5, 5.41) is 0. The van der Waals surface area contributed by atoms with Gasteiger partial charge in [-0.05, 0) is 0 Å². The number of hydrazine groups is 1. The summed E-state index contributed by atoms with van der Waals surface area (Å²) in [4.78, 5) is 17.3. The minimum absolute atomic E-state index is 0.0810. The van der Waals surface area contributed by atoms with Crippen molar-refractivity contribution in [3.63, 3.8) is 0 Å². The van der Waals surface area contributed by atoms with E-state index in [1.54, 1.807) is 0 Å². The number of nitrogens with zero attached hydrogens (tertiary/aromatic N) is 1. The van der Waals surface area contributed by atoms with Crippen LogP contribution in [0.25, 0.3) is 0 Å². The number of hydrogen-bond donors (Lipinski definition) is 3. The van der Waals surface area contributed by atoms with Crippen LogP contribution in [0.4, 0.5) is 5.82 Å². The van der Waals surface area contributed by atoms with Gasteiger partial charge in [-0.2, -0.15) is 0 Å². The minimum atomic E-state index is -0.0810. The Morgan fingerprint density at radius 2 is 2.50 bits per heavy atom. The van der Waals surface area contributed by atoms with Crippen molar-refractivity contribution in [1.82, 2.24) is 15.4 Å². The molecule has 0 unspecified atom stereocenters. The molecule has 0 saturated heterocycles. The number of nitrogens with one attached hydrogen (secondary N) is 3. The van der Waals surface area contributed by atoms with Crippen molar-refractivity contribution >= 4 is 5.82 Å². The van der Waals surface area contributed by atoms with Crippen LogP contribution in [-0.4, -0.2) is 9.97 Å². The van der Waals surface area contributed by atoms with E-state index in [2.05, 4.69) is 20.8 Å². The van der Waals surface area contributed by atoms with E-state index < -0.39 is 0 Å². The van der Waals surface area contributed by atoms with Gasteiger partial charge < -0.3 is 10.4 Å². The van der Waals surface area contributed by atoms with Crippen LogP contribution in [0.2, 0.25) is 0 Å². The Labute approximate surface area is 56.5 Å². The van der Waals surface area contributed by atoms with Crippen molar-refractivity contribution in [1.29, 1.82) is 0 Å². The maximum atomic E-state index is 10.9. The van der Waals surface area contributed by atoms with Crippen LogP contribution in [0.5, 0.6) is 0 Å². The molecule has 1 aromatic rings. The van der Waals surface area contributed by atoms with Crippen LogP contribution >= 0.6 is 0 Å². The molecule has 1 aliphatic rings. The van der Waals surface area contributed by atoms with E-state index in [0.29, 0.717) is 17.9 Å². The van der Waals surface area contributed by atoms with Gasteiger partial charge in [0, 0.05) is 6.54 Å². The predicted molar refractivity (Wildman–Crippen MR) is 35.3 cm³/mol. The number of H-pyrrole nitrogens is 1. The molecule has 2 heterocycles. The fourth-order valence-electron chi connectivity index (χ4n) is 0.916. The van der Waals surface area contributed by atoms with Gasteiger partial charge in [-0.3, -0.25) is 4.79 Å². The fraction of sp³-hybridized carbons (Fsp3) is 0.200. The van der Waals surface area contributed by atoms with Crippen LogP contribution in [0, 0.1) is 0 Å². The third-order valence-corrected chi connectivity index (χ3v) is 1.42. The zero-order valence-corrected chi connectivity index (χ0v) is 5.14. The van der Waals surface area contributed by atoms with Gasteiger partial charge in [-0.25, -0.2) is 10.4 Å². The van der Waals surface area contributed by atoms with Gasteiger partial charge in [0.1, 0.15) is 0 Å². The molecule has 2 rings (SSSR count). The first kappa shape index (κ1) is 5.43. The van der Waals surface area contributed by atoms with Crippen molar-refractivity contribution in [2.75, 3.05) is 5.43 Å². The Balaban J connectivity index is 2.70. The van der Waals surface area contributed by atoms with E-state index in [9.17, 15) is 4.79 Å². The topological polar surface area (TPSA) is 69.8 Å². The van der Waals surface area contributed by atoms with Crippen LogP contribution in [-0.2, 0) is 6.54 Å². The van der Waals surface area contributed by atoms with Crippen LogP contribution in [0.1, 0.15) is 5.56 Å². The van der Waals surface area contributed by atoms with Crippen LogP contribution in [0.15, 0.2) is 11.1 Å². The molecular formula is C5H6N4O. The van der Waals surface area contributed by atoms with Crippen molar-refractivity contribution in [3.05, 3.63) is 22.2 Å². The summed E-state index contributed by atoms with van der Waals surface area (Å²) in [5.74, 6) is 0.628. The van der Waals surface area contributed by atoms with E-state index in [-0.39, 0.29) is 5.56 Å². The van der Waals surface area contributed by atoms with E-state index in [4.69, 9.17) is 0 Å². The summed E-state index contributed by atoms with van der Waals surface area (Å²) in [6.07, 6.45) is 1.38. The Bertz CT molecular complexity index is 305. The highest BCUT2D eigenvalue weighted by Crippen LogP contribution is 2.08. The van der Waals surface area contributed by atoms with Crippen LogP contribution in [0.3, 0.4) is 0 Å². The molecule has 5 heteroatoms. The minimum Gasteiger partial charge on any atom is -0.313 e. The van der Waals surface area contributed by atoms with Crippen molar-refractivity contribution in [3.8, 4) is 0 Å². The fourth-order valence-corrected chi connectivity index (χ4v) is 0.916. The van der Waals surface area contributed by atoms with E-state index in [1.165, 1.54) is 6.33 Å². The third kappa shape index (κ3) is 0.608. The molecule has 5 nitrogen and oxygen atoms in total.